The molecule has 3 N–H and O–H groups in total. The smallest absolute Gasteiger partial charge is 0.356 e. The van der Waals surface area contributed by atoms with Crippen LogP contribution in [0, 0.1) is 62.3 Å². The van der Waals surface area contributed by atoms with Crippen LogP contribution in [0.25, 0.3) is 0 Å². The number of hydrogen-bond acceptors (Lipinski definition) is 11. The molecule has 0 saturated heterocycles. The van der Waals surface area contributed by atoms with Gasteiger partial charge < -0.3 is 34.3 Å². The number of carbonyl (C=O) groups is 5. The number of aromatic hydroxyl groups is 1. The minimum atomic E-state index is -2.43. The standard InChI is InChI=1S/C39H39BrO12/c1-15-12-26(17(3)18(4)28(15)36(45)51-33-21(7)19(5)29(35(43)44)20(6)22(33)8)50-37(46)30-23(9)31(40)34(24(10)32(30)42)52-38(47)39(48)16(2)13-25(41)14-27(39)49-11/h12-14,42,48H,1-11H3,(H,43,44)/t39-/m1/s1. The second-order valence-electron chi connectivity index (χ2n) is 12.8. The number of phenolic OH excluding ortho intramolecular Hbond substituents is 1. The molecule has 1 aliphatic rings. The van der Waals surface area contributed by atoms with Crippen molar-refractivity contribution < 1.29 is 58.2 Å². The van der Waals surface area contributed by atoms with Crippen molar-refractivity contribution in [1.29, 1.82) is 0 Å². The van der Waals surface area contributed by atoms with Gasteiger partial charge in [0.15, 0.2) is 11.5 Å². The van der Waals surface area contributed by atoms with Crippen LogP contribution in [-0.4, -0.2) is 57.7 Å². The van der Waals surface area contributed by atoms with Crippen molar-refractivity contribution in [2.75, 3.05) is 7.11 Å². The Labute approximate surface area is 308 Å². The molecule has 274 valence electrons. The molecule has 3 aromatic rings. The number of hydrogen-bond donors (Lipinski definition) is 3. The Hall–Kier alpha value is -5.27. The summed E-state index contributed by atoms with van der Waals surface area (Å²) in [6.07, 6.45) is 2.03. The fourth-order valence-electron chi connectivity index (χ4n) is 6.22. The minimum Gasteiger partial charge on any atom is -0.507 e. The number of esters is 3. The van der Waals surface area contributed by atoms with Crippen LogP contribution in [0.5, 0.6) is 23.0 Å². The molecule has 0 amide bonds. The molecule has 0 unspecified atom stereocenters. The Morgan fingerprint density at radius 2 is 1.21 bits per heavy atom. The van der Waals surface area contributed by atoms with Crippen molar-refractivity contribution >= 4 is 45.6 Å². The first-order chi connectivity index (χ1) is 24.1. The van der Waals surface area contributed by atoms with E-state index in [1.54, 1.807) is 48.5 Å². The van der Waals surface area contributed by atoms with E-state index in [9.17, 15) is 39.3 Å². The summed E-state index contributed by atoms with van der Waals surface area (Å²) in [6, 6.07) is 1.50. The zero-order valence-electron chi connectivity index (χ0n) is 30.6. The van der Waals surface area contributed by atoms with Gasteiger partial charge in [0.05, 0.1) is 22.7 Å². The summed E-state index contributed by atoms with van der Waals surface area (Å²) < 4.78 is 22.4. The Bertz CT molecular complexity index is 2130. The van der Waals surface area contributed by atoms with Gasteiger partial charge in [0, 0.05) is 11.6 Å². The number of rotatable bonds is 8. The maximum atomic E-state index is 13.6. The first kappa shape index (κ1) is 39.5. The zero-order valence-corrected chi connectivity index (χ0v) is 32.2. The molecular formula is C39H39BrO12. The van der Waals surface area contributed by atoms with E-state index >= 15 is 0 Å². The fraction of sp³-hybridized carbons (Fsp3) is 0.308. The number of methoxy groups -OCH3 is 1. The highest BCUT2D eigenvalue weighted by molar-refractivity contribution is 9.10. The van der Waals surface area contributed by atoms with E-state index in [0.29, 0.717) is 38.9 Å². The monoisotopic (exact) mass is 778 g/mol. The van der Waals surface area contributed by atoms with Crippen molar-refractivity contribution in [3.8, 4) is 23.0 Å². The summed E-state index contributed by atoms with van der Waals surface area (Å²) >= 11 is 3.34. The molecule has 3 aromatic carbocycles. The molecular weight excluding hydrogens is 740 g/mol. The number of carbonyl (C=O) groups excluding carboxylic acids is 4. The van der Waals surface area contributed by atoms with Gasteiger partial charge in [0.2, 0.25) is 5.60 Å². The molecule has 0 fully saturated rings. The van der Waals surface area contributed by atoms with E-state index in [4.69, 9.17) is 18.9 Å². The average molecular weight is 780 g/mol. The lowest BCUT2D eigenvalue weighted by atomic mass is 9.87. The maximum Gasteiger partial charge on any atom is 0.356 e. The molecule has 1 aliphatic carbocycles. The van der Waals surface area contributed by atoms with E-state index in [2.05, 4.69) is 15.9 Å². The normalized spacial score (nSPS) is 15.4. The lowest BCUT2D eigenvalue weighted by molar-refractivity contribution is -0.151. The quantitative estimate of drug-likeness (QED) is 0.162. The molecule has 0 radical (unpaired) electrons. The van der Waals surface area contributed by atoms with Crippen LogP contribution in [0.1, 0.15) is 88.1 Å². The summed E-state index contributed by atoms with van der Waals surface area (Å²) in [4.78, 5) is 64.4. The van der Waals surface area contributed by atoms with Crippen molar-refractivity contribution in [3.63, 3.8) is 0 Å². The maximum absolute atomic E-state index is 13.6. The predicted octanol–water partition coefficient (Wildman–Crippen LogP) is 6.76. The highest BCUT2D eigenvalue weighted by Gasteiger charge is 2.48. The first-order valence-electron chi connectivity index (χ1n) is 15.9. The van der Waals surface area contributed by atoms with Gasteiger partial charge in [-0.05, 0) is 147 Å². The van der Waals surface area contributed by atoms with Gasteiger partial charge in [0.1, 0.15) is 28.6 Å². The average Bonchev–Trinajstić information content (AvgIpc) is 3.07. The van der Waals surface area contributed by atoms with Gasteiger partial charge >= 0.3 is 23.9 Å². The molecule has 0 aromatic heterocycles. The minimum absolute atomic E-state index is 0.0348. The number of ketones is 1. The topological polar surface area (TPSA) is 183 Å². The second kappa shape index (κ2) is 14.4. The van der Waals surface area contributed by atoms with Crippen molar-refractivity contribution in [3.05, 3.63) is 101 Å². The van der Waals surface area contributed by atoms with E-state index in [1.807, 2.05) is 0 Å². The van der Waals surface area contributed by atoms with Crippen LogP contribution in [0.15, 0.2) is 34.0 Å². The molecule has 4 rings (SSSR count). The van der Waals surface area contributed by atoms with E-state index < -0.39 is 41.0 Å². The molecule has 0 heterocycles. The SMILES string of the molecule is COC1=CC(=O)C=C(C)[C@]1(O)C(=O)Oc1c(C)c(O)c(C(=O)Oc2cc(C)c(C(=O)Oc3c(C)c(C)c(C(=O)O)c(C)c3C)c(C)c2C)c(C)c1Br. The third-order valence-corrected chi connectivity index (χ3v) is 10.7. The van der Waals surface area contributed by atoms with Gasteiger partial charge in [-0.25, -0.2) is 19.2 Å². The zero-order chi connectivity index (χ0) is 39.3. The number of carboxylic acids is 1. The Morgan fingerprint density at radius 3 is 1.75 bits per heavy atom. The summed E-state index contributed by atoms with van der Waals surface area (Å²) in [5.41, 5.74) is 1.15. The second-order valence-corrected chi connectivity index (χ2v) is 13.6. The molecule has 0 aliphatic heterocycles. The van der Waals surface area contributed by atoms with E-state index in [0.717, 1.165) is 12.2 Å². The van der Waals surface area contributed by atoms with Gasteiger partial charge in [-0.2, -0.15) is 0 Å². The Balaban J connectivity index is 1.66. The summed E-state index contributed by atoms with van der Waals surface area (Å²) in [5.74, 6) is -5.11. The third kappa shape index (κ3) is 6.50. The third-order valence-electron chi connectivity index (χ3n) is 9.73. The number of ether oxygens (including phenoxy) is 4. The molecule has 52 heavy (non-hydrogen) atoms. The van der Waals surface area contributed by atoms with Crippen LogP contribution in [0.2, 0.25) is 0 Å². The summed E-state index contributed by atoms with van der Waals surface area (Å²) in [7, 11) is 1.19. The number of allylic oxidation sites excluding steroid dienone is 2. The highest BCUT2D eigenvalue weighted by Crippen LogP contribution is 2.43. The number of aryl methyl sites for hydroxylation is 1. The van der Waals surface area contributed by atoms with Gasteiger partial charge in [0.25, 0.3) is 0 Å². The molecule has 12 nitrogen and oxygen atoms in total. The van der Waals surface area contributed by atoms with Gasteiger partial charge in [-0.15, -0.1) is 0 Å². The Kier molecular flexibility index (Phi) is 10.9. The number of phenols is 1. The molecule has 0 spiro atoms. The lowest BCUT2D eigenvalue weighted by Gasteiger charge is -2.30. The number of halogens is 1. The van der Waals surface area contributed by atoms with Gasteiger partial charge in [-0.3, -0.25) is 4.79 Å². The number of aromatic carboxylic acids is 1. The lowest BCUT2D eigenvalue weighted by Crippen LogP contribution is -2.47. The van der Waals surface area contributed by atoms with E-state index in [-0.39, 0.29) is 60.9 Å². The fourth-order valence-corrected chi connectivity index (χ4v) is 6.80. The number of aliphatic hydroxyl groups is 1. The van der Waals surface area contributed by atoms with Crippen LogP contribution >= 0.6 is 15.9 Å². The van der Waals surface area contributed by atoms with Crippen LogP contribution in [-0.2, 0) is 14.3 Å². The van der Waals surface area contributed by atoms with Crippen molar-refractivity contribution in [1.82, 2.24) is 0 Å². The van der Waals surface area contributed by atoms with Crippen LogP contribution < -0.4 is 14.2 Å². The molecule has 0 bridgehead atoms. The summed E-state index contributed by atoms with van der Waals surface area (Å²) in [6.45, 7) is 15.9. The molecule has 13 heteroatoms. The molecule has 1 atom stereocenters. The van der Waals surface area contributed by atoms with Gasteiger partial charge in [-0.1, -0.05) is 0 Å². The van der Waals surface area contributed by atoms with Crippen LogP contribution in [0.4, 0.5) is 0 Å². The van der Waals surface area contributed by atoms with Crippen LogP contribution in [0.3, 0.4) is 0 Å². The first-order valence-corrected chi connectivity index (χ1v) is 16.7. The highest BCUT2D eigenvalue weighted by atomic mass is 79.9. The van der Waals surface area contributed by atoms with Crippen molar-refractivity contribution in [2.45, 2.75) is 74.8 Å². The predicted molar refractivity (Wildman–Crippen MR) is 193 cm³/mol. The summed E-state index contributed by atoms with van der Waals surface area (Å²) in [5, 5.41) is 32.2. The number of benzene rings is 3. The van der Waals surface area contributed by atoms with E-state index in [1.165, 1.54) is 33.9 Å². The molecule has 0 saturated carbocycles. The largest absolute Gasteiger partial charge is 0.507 e. The van der Waals surface area contributed by atoms with Crippen molar-refractivity contribution in [2.24, 2.45) is 0 Å². The Morgan fingerprint density at radius 1 is 0.673 bits per heavy atom. The number of carboxylic acid groups (broad SMARTS) is 1.